The van der Waals surface area contributed by atoms with Gasteiger partial charge in [-0.25, -0.2) is 0 Å². The average molecular weight is 790 g/mol. The number of rotatable bonds is 24. The number of hydrogen-bond donors (Lipinski definition) is 2. The van der Waals surface area contributed by atoms with Crippen molar-refractivity contribution in [3.05, 3.63) is 57.6 Å². The van der Waals surface area contributed by atoms with Crippen molar-refractivity contribution in [1.29, 1.82) is 0 Å². The van der Waals surface area contributed by atoms with Crippen LogP contribution in [0.3, 0.4) is 0 Å². The highest BCUT2D eigenvalue weighted by Crippen LogP contribution is 2.42. The van der Waals surface area contributed by atoms with Crippen LogP contribution in [0.25, 0.3) is 0 Å². The van der Waals surface area contributed by atoms with E-state index < -0.39 is 0 Å². The van der Waals surface area contributed by atoms with Crippen LogP contribution >= 0.6 is 0 Å². The minimum atomic E-state index is -0.188. The molecular formula is C53H91NO3. The lowest BCUT2D eigenvalue weighted by atomic mass is 9.77. The smallest absolute Gasteiger partial charge is 0.219 e. The molecule has 0 heterocycles. The summed E-state index contributed by atoms with van der Waals surface area (Å²) in [6.45, 7) is 30.9. The Kier molecular flexibility index (Phi) is 20.7. The van der Waals surface area contributed by atoms with E-state index in [4.69, 9.17) is 0 Å². The van der Waals surface area contributed by atoms with Gasteiger partial charge < -0.3 is 15.1 Å². The molecule has 2 aromatic carbocycles. The molecule has 0 radical (unpaired) electrons. The number of aromatic hydroxyl groups is 2. The Balaban J connectivity index is 2.19. The van der Waals surface area contributed by atoms with Crippen LogP contribution in [0.15, 0.2) is 24.3 Å². The van der Waals surface area contributed by atoms with Crippen molar-refractivity contribution < 1.29 is 15.0 Å². The van der Waals surface area contributed by atoms with E-state index in [1.807, 2.05) is 0 Å². The zero-order valence-electron chi connectivity index (χ0n) is 40.0. The van der Waals surface area contributed by atoms with Crippen molar-refractivity contribution >= 4 is 5.91 Å². The molecule has 0 saturated carbocycles. The summed E-state index contributed by atoms with van der Waals surface area (Å²) in [5.41, 5.74) is 5.68. The van der Waals surface area contributed by atoms with E-state index in [0.717, 1.165) is 67.3 Å². The van der Waals surface area contributed by atoms with Gasteiger partial charge in [0.2, 0.25) is 5.91 Å². The highest BCUT2D eigenvalue weighted by atomic mass is 16.3. The largest absolute Gasteiger partial charge is 0.507 e. The van der Waals surface area contributed by atoms with Crippen LogP contribution in [-0.4, -0.2) is 33.6 Å². The summed E-state index contributed by atoms with van der Waals surface area (Å²) < 4.78 is 0. The van der Waals surface area contributed by atoms with E-state index in [2.05, 4.69) is 119 Å². The number of phenolic OH excluding ortho intramolecular Hbond substituents is 2. The van der Waals surface area contributed by atoms with E-state index in [-0.39, 0.29) is 33.6 Å². The van der Waals surface area contributed by atoms with Crippen molar-refractivity contribution in [3.63, 3.8) is 0 Å². The lowest BCUT2D eigenvalue weighted by molar-refractivity contribution is -0.131. The SMILES string of the molecule is CCCCCCCCCCCCCCCCCCN(C(C)=O)C(CCc1cc(C(C)(C)C)c(O)c(C(C)(C)C)c1)CCc1cc(C(C)(C)C)c(O)c(C(C)(C)C)c1. The number of nitrogens with zero attached hydrogens (tertiary/aromatic N) is 1. The number of benzene rings is 2. The molecule has 4 nitrogen and oxygen atoms in total. The number of carbonyl (C=O) groups excluding carboxylic acids is 1. The van der Waals surface area contributed by atoms with Gasteiger partial charge >= 0.3 is 0 Å². The number of amides is 1. The van der Waals surface area contributed by atoms with Gasteiger partial charge in [0.05, 0.1) is 0 Å². The molecule has 0 spiro atoms. The Morgan fingerprint density at radius 3 is 1.00 bits per heavy atom. The van der Waals surface area contributed by atoms with Gasteiger partial charge in [-0.1, -0.05) is 211 Å². The molecule has 1 amide bonds. The summed E-state index contributed by atoms with van der Waals surface area (Å²) in [6.07, 6.45) is 24.8. The summed E-state index contributed by atoms with van der Waals surface area (Å²) in [5, 5.41) is 22.8. The molecule has 4 heteroatoms. The monoisotopic (exact) mass is 790 g/mol. The molecule has 0 saturated heterocycles. The quantitative estimate of drug-likeness (QED) is 0.104. The first kappa shape index (κ1) is 50.7. The molecule has 2 aromatic rings. The van der Waals surface area contributed by atoms with Crippen LogP contribution in [-0.2, 0) is 39.3 Å². The first-order chi connectivity index (χ1) is 26.5. The second-order valence-electron chi connectivity index (χ2n) is 21.8. The summed E-state index contributed by atoms with van der Waals surface area (Å²) in [6, 6.07) is 8.93. The Labute approximate surface area is 353 Å². The number of unbranched alkanes of at least 4 members (excludes halogenated alkanes) is 15. The fourth-order valence-corrected chi connectivity index (χ4v) is 8.51. The number of carbonyl (C=O) groups is 1. The predicted molar refractivity (Wildman–Crippen MR) is 248 cm³/mol. The maximum atomic E-state index is 13.5. The zero-order valence-corrected chi connectivity index (χ0v) is 40.0. The highest BCUT2D eigenvalue weighted by Gasteiger charge is 2.29. The fourth-order valence-electron chi connectivity index (χ4n) is 8.51. The lowest BCUT2D eigenvalue weighted by Crippen LogP contribution is -2.40. The maximum Gasteiger partial charge on any atom is 0.219 e. The fraction of sp³-hybridized carbons (Fsp3) is 0.755. The molecule has 0 aliphatic heterocycles. The summed E-state index contributed by atoms with van der Waals surface area (Å²) in [4.78, 5) is 15.7. The Morgan fingerprint density at radius 1 is 0.491 bits per heavy atom. The average Bonchev–Trinajstić information content (AvgIpc) is 3.08. The summed E-state index contributed by atoms with van der Waals surface area (Å²) >= 11 is 0. The third-order valence-electron chi connectivity index (χ3n) is 12.2. The number of aryl methyl sites for hydroxylation is 2. The number of hydrogen-bond acceptors (Lipinski definition) is 3. The molecule has 0 aromatic heterocycles. The first-order valence-corrected chi connectivity index (χ1v) is 23.5. The van der Waals surface area contributed by atoms with Gasteiger partial charge in [0.1, 0.15) is 11.5 Å². The summed E-state index contributed by atoms with van der Waals surface area (Å²) in [5.74, 6) is 0.996. The second-order valence-corrected chi connectivity index (χ2v) is 21.8. The first-order valence-electron chi connectivity index (χ1n) is 23.5. The van der Waals surface area contributed by atoms with E-state index in [9.17, 15) is 15.0 Å². The third-order valence-corrected chi connectivity index (χ3v) is 12.2. The third kappa shape index (κ3) is 17.7. The summed E-state index contributed by atoms with van der Waals surface area (Å²) in [7, 11) is 0. The minimum absolute atomic E-state index is 0.0915. The van der Waals surface area contributed by atoms with Gasteiger partial charge in [0, 0.05) is 19.5 Å². The zero-order chi connectivity index (χ0) is 43.0. The molecule has 0 aliphatic rings. The molecule has 57 heavy (non-hydrogen) atoms. The van der Waals surface area contributed by atoms with Crippen molar-refractivity contribution in [2.24, 2.45) is 0 Å². The van der Waals surface area contributed by atoms with Crippen LogP contribution < -0.4 is 0 Å². The van der Waals surface area contributed by atoms with Gasteiger partial charge in [0.15, 0.2) is 0 Å². The standard InChI is InChI=1S/C53H91NO3/c1-15-16-17-18-19-20-21-22-23-24-25-26-27-28-29-30-35-54(40(2)55)43(33-31-41-36-44(50(3,4)5)48(56)45(37-41)51(6,7)8)34-32-42-38-46(52(9,10)11)49(57)47(39-42)53(12,13)14/h36-39,43,56-57H,15-35H2,1-14H3. The number of phenols is 2. The molecule has 0 atom stereocenters. The van der Waals surface area contributed by atoms with E-state index >= 15 is 0 Å². The van der Waals surface area contributed by atoms with E-state index in [1.165, 1.54) is 101 Å². The van der Waals surface area contributed by atoms with Crippen molar-refractivity contribution in [3.8, 4) is 11.5 Å². The van der Waals surface area contributed by atoms with Crippen LogP contribution in [0, 0.1) is 0 Å². The van der Waals surface area contributed by atoms with E-state index in [1.54, 1.807) is 6.92 Å². The van der Waals surface area contributed by atoms with Crippen LogP contribution in [0.4, 0.5) is 0 Å². The maximum absolute atomic E-state index is 13.5. The van der Waals surface area contributed by atoms with Crippen molar-refractivity contribution in [2.45, 2.75) is 253 Å². The molecule has 326 valence electrons. The van der Waals surface area contributed by atoms with Gasteiger partial charge in [-0.15, -0.1) is 0 Å². The van der Waals surface area contributed by atoms with Crippen molar-refractivity contribution in [1.82, 2.24) is 4.90 Å². The highest BCUT2D eigenvalue weighted by molar-refractivity contribution is 5.73. The Morgan fingerprint density at radius 2 is 0.754 bits per heavy atom. The molecular weight excluding hydrogens is 699 g/mol. The molecule has 0 aliphatic carbocycles. The van der Waals surface area contributed by atoms with Crippen LogP contribution in [0.2, 0.25) is 0 Å². The Hall–Kier alpha value is -2.49. The van der Waals surface area contributed by atoms with Gasteiger partial charge in [-0.2, -0.15) is 0 Å². The topological polar surface area (TPSA) is 60.8 Å². The molecule has 0 unspecified atom stereocenters. The lowest BCUT2D eigenvalue weighted by Gasteiger charge is -2.33. The minimum Gasteiger partial charge on any atom is -0.507 e. The Bertz CT molecular complexity index is 1320. The van der Waals surface area contributed by atoms with Crippen LogP contribution in [0.1, 0.15) is 246 Å². The normalized spacial score (nSPS) is 12.8. The van der Waals surface area contributed by atoms with Gasteiger partial charge in [-0.05, 0) is 87.1 Å². The molecule has 2 rings (SSSR count). The molecule has 0 fully saturated rings. The van der Waals surface area contributed by atoms with E-state index in [0.29, 0.717) is 11.5 Å². The predicted octanol–water partition coefficient (Wildman–Crippen LogP) is 15.3. The van der Waals surface area contributed by atoms with Crippen LogP contribution in [0.5, 0.6) is 11.5 Å². The van der Waals surface area contributed by atoms with Gasteiger partial charge in [0.25, 0.3) is 0 Å². The molecule has 2 N–H and O–H groups in total. The molecule has 0 bridgehead atoms. The second kappa shape index (κ2) is 23.3. The van der Waals surface area contributed by atoms with Gasteiger partial charge in [-0.3, -0.25) is 4.79 Å². The van der Waals surface area contributed by atoms with Crippen molar-refractivity contribution in [2.75, 3.05) is 6.54 Å².